The smallest absolute Gasteiger partial charge is 0.247 e. The van der Waals surface area contributed by atoms with E-state index in [0.29, 0.717) is 6.54 Å². The van der Waals surface area contributed by atoms with Crippen LogP contribution in [0.15, 0.2) is 30.3 Å². The summed E-state index contributed by atoms with van der Waals surface area (Å²) in [4.78, 5) is 14.3. The van der Waals surface area contributed by atoms with Crippen LogP contribution in [0.2, 0.25) is 0 Å². The first-order chi connectivity index (χ1) is 10.4. The molecule has 0 aliphatic carbocycles. The first kappa shape index (κ1) is 16.1. The Balaban J connectivity index is 2.06. The highest BCUT2D eigenvalue weighted by Crippen LogP contribution is 2.16. The maximum Gasteiger partial charge on any atom is 0.247 e. The Bertz CT molecular complexity index is 646. The van der Waals surface area contributed by atoms with Crippen molar-refractivity contribution in [2.75, 3.05) is 14.2 Å². The Morgan fingerprint density at radius 1 is 1.32 bits per heavy atom. The van der Waals surface area contributed by atoms with Gasteiger partial charge in [-0.25, -0.2) is 0 Å². The molecule has 5 heteroatoms. The van der Waals surface area contributed by atoms with Crippen molar-refractivity contribution in [2.45, 2.75) is 33.4 Å². The minimum absolute atomic E-state index is 0.0435. The average Bonchev–Trinajstić information content (AvgIpc) is 2.85. The largest absolute Gasteiger partial charge is 0.497 e. The Morgan fingerprint density at radius 2 is 1.95 bits per heavy atom. The van der Waals surface area contributed by atoms with Crippen LogP contribution in [0, 0.1) is 13.8 Å². The van der Waals surface area contributed by atoms with E-state index in [4.69, 9.17) is 4.74 Å². The van der Waals surface area contributed by atoms with Gasteiger partial charge in [0.1, 0.15) is 11.8 Å². The summed E-state index contributed by atoms with van der Waals surface area (Å²) in [6.07, 6.45) is 0. The lowest BCUT2D eigenvalue weighted by atomic mass is 10.2. The monoisotopic (exact) mass is 301 g/mol. The number of carbonyl (C=O) groups is 1. The van der Waals surface area contributed by atoms with Crippen LogP contribution < -0.4 is 4.74 Å². The van der Waals surface area contributed by atoms with E-state index in [1.807, 2.05) is 58.2 Å². The van der Waals surface area contributed by atoms with Gasteiger partial charge in [0.15, 0.2) is 0 Å². The van der Waals surface area contributed by atoms with Crippen molar-refractivity contribution in [2.24, 2.45) is 0 Å². The number of aryl methyl sites for hydroxylation is 2. The van der Waals surface area contributed by atoms with Crippen molar-refractivity contribution in [3.05, 3.63) is 47.3 Å². The maximum absolute atomic E-state index is 12.6. The Kier molecular flexibility index (Phi) is 4.85. The molecule has 2 aromatic rings. The van der Waals surface area contributed by atoms with Gasteiger partial charge in [-0.15, -0.1) is 0 Å². The van der Waals surface area contributed by atoms with Gasteiger partial charge < -0.3 is 9.64 Å². The minimum atomic E-state index is -0.308. The lowest BCUT2D eigenvalue weighted by molar-refractivity contribution is -0.133. The fraction of sp³-hybridized carbons (Fsp3) is 0.412. The minimum Gasteiger partial charge on any atom is -0.497 e. The second kappa shape index (κ2) is 6.64. The summed E-state index contributed by atoms with van der Waals surface area (Å²) in [6.45, 7) is 6.34. The number of hydrogen-bond donors (Lipinski definition) is 0. The summed E-state index contributed by atoms with van der Waals surface area (Å²) in [5.41, 5.74) is 2.99. The van der Waals surface area contributed by atoms with Crippen molar-refractivity contribution >= 4 is 5.91 Å². The molecule has 1 heterocycles. The average molecular weight is 301 g/mol. The predicted octanol–water partition coefficient (Wildman–Crippen LogP) is 2.73. The summed E-state index contributed by atoms with van der Waals surface area (Å²) in [5.74, 6) is 0.857. The van der Waals surface area contributed by atoms with Crippen molar-refractivity contribution in [1.82, 2.24) is 14.7 Å². The zero-order chi connectivity index (χ0) is 16.3. The SMILES string of the molecule is COc1ccc(CN(C)C(=O)C(C)n2nc(C)cc2C)cc1. The molecule has 0 aliphatic heterocycles. The van der Waals surface area contributed by atoms with Crippen molar-refractivity contribution in [1.29, 1.82) is 0 Å². The lowest BCUT2D eigenvalue weighted by Gasteiger charge is -2.22. The number of nitrogens with zero attached hydrogens (tertiary/aromatic N) is 3. The third-order valence-electron chi connectivity index (χ3n) is 3.72. The molecule has 0 N–H and O–H groups in total. The Hall–Kier alpha value is -2.30. The molecule has 0 spiro atoms. The van der Waals surface area contributed by atoms with Gasteiger partial charge in [0.05, 0.1) is 12.8 Å². The van der Waals surface area contributed by atoms with E-state index in [0.717, 1.165) is 22.7 Å². The van der Waals surface area contributed by atoms with Gasteiger partial charge in [-0.3, -0.25) is 9.48 Å². The van der Waals surface area contributed by atoms with Gasteiger partial charge in [-0.05, 0) is 44.5 Å². The maximum atomic E-state index is 12.6. The molecule has 0 radical (unpaired) electrons. The zero-order valence-electron chi connectivity index (χ0n) is 13.8. The van der Waals surface area contributed by atoms with Crippen molar-refractivity contribution in [3.8, 4) is 5.75 Å². The number of benzene rings is 1. The first-order valence-corrected chi connectivity index (χ1v) is 7.33. The summed E-state index contributed by atoms with van der Waals surface area (Å²) < 4.78 is 6.92. The number of carbonyl (C=O) groups excluding carboxylic acids is 1. The van der Waals surface area contributed by atoms with Gasteiger partial charge in [0.2, 0.25) is 5.91 Å². The molecule has 22 heavy (non-hydrogen) atoms. The molecule has 1 unspecified atom stereocenters. The Labute approximate surface area is 131 Å². The van der Waals surface area contributed by atoms with Crippen molar-refractivity contribution < 1.29 is 9.53 Å². The van der Waals surface area contributed by atoms with E-state index >= 15 is 0 Å². The molecule has 1 amide bonds. The molecule has 0 aliphatic rings. The quantitative estimate of drug-likeness (QED) is 0.853. The fourth-order valence-electron chi connectivity index (χ4n) is 2.54. The Morgan fingerprint density at radius 3 is 2.45 bits per heavy atom. The van der Waals surface area contributed by atoms with Crippen LogP contribution in [0.25, 0.3) is 0 Å². The first-order valence-electron chi connectivity index (χ1n) is 7.33. The molecule has 1 aromatic heterocycles. The normalized spacial score (nSPS) is 12.0. The molecule has 0 fully saturated rings. The third-order valence-corrected chi connectivity index (χ3v) is 3.72. The van der Waals surface area contributed by atoms with Gasteiger partial charge in [-0.1, -0.05) is 12.1 Å². The van der Waals surface area contributed by atoms with E-state index in [1.54, 1.807) is 16.7 Å². The molecule has 5 nitrogen and oxygen atoms in total. The van der Waals surface area contributed by atoms with Gasteiger partial charge in [0.25, 0.3) is 0 Å². The molecule has 0 bridgehead atoms. The summed E-state index contributed by atoms with van der Waals surface area (Å²) in [7, 11) is 3.45. The summed E-state index contributed by atoms with van der Waals surface area (Å²) in [5, 5.41) is 4.40. The fourth-order valence-corrected chi connectivity index (χ4v) is 2.54. The van der Waals surface area contributed by atoms with E-state index < -0.39 is 0 Å². The van der Waals surface area contributed by atoms with Crippen LogP contribution in [0.5, 0.6) is 5.75 Å². The zero-order valence-corrected chi connectivity index (χ0v) is 13.8. The number of amides is 1. The lowest BCUT2D eigenvalue weighted by Crippen LogP contribution is -2.33. The molecular weight excluding hydrogens is 278 g/mol. The molecular formula is C17H23N3O2. The van der Waals surface area contributed by atoms with Crippen LogP contribution in [-0.4, -0.2) is 34.7 Å². The number of aromatic nitrogens is 2. The van der Waals surface area contributed by atoms with Crippen LogP contribution in [-0.2, 0) is 11.3 Å². The molecule has 0 saturated heterocycles. The van der Waals surface area contributed by atoms with Gasteiger partial charge in [-0.2, -0.15) is 5.10 Å². The molecule has 118 valence electrons. The third kappa shape index (κ3) is 3.47. The van der Waals surface area contributed by atoms with Gasteiger partial charge in [0, 0.05) is 19.3 Å². The molecule has 0 saturated carbocycles. The second-order valence-electron chi connectivity index (χ2n) is 5.59. The van der Waals surface area contributed by atoms with Gasteiger partial charge >= 0.3 is 0 Å². The predicted molar refractivity (Wildman–Crippen MR) is 85.9 cm³/mol. The van der Waals surface area contributed by atoms with Crippen LogP contribution in [0.4, 0.5) is 0 Å². The van der Waals surface area contributed by atoms with Crippen LogP contribution >= 0.6 is 0 Å². The van der Waals surface area contributed by atoms with Crippen LogP contribution in [0.1, 0.15) is 29.9 Å². The summed E-state index contributed by atoms with van der Waals surface area (Å²) >= 11 is 0. The second-order valence-corrected chi connectivity index (χ2v) is 5.59. The van der Waals surface area contributed by atoms with Crippen molar-refractivity contribution in [3.63, 3.8) is 0 Å². The molecule has 1 aromatic carbocycles. The number of likely N-dealkylation sites (N-methyl/N-ethyl adjacent to an activating group) is 1. The molecule has 2 rings (SSSR count). The number of rotatable bonds is 5. The highest BCUT2D eigenvalue weighted by atomic mass is 16.5. The number of methoxy groups -OCH3 is 1. The standard InChI is InChI=1S/C17H23N3O2/c1-12-10-13(2)20(18-12)14(3)17(21)19(4)11-15-6-8-16(22-5)9-7-15/h6-10,14H,11H2,1-5H3. The van der Waals surface area contributed by atoms with E-state index in [2.05, 4.69) is 5.10 Å². The van der Waals surface area contributed by atoms with Crippen LogP contribution in [0.3, 0.4) is 0 Å². The topological polar surface area (TPSA) is 47.4 Å². The number of ether oxygens (including phenoxy) is 1. The van der Waals surface area contributed by atoms with E-state index in [-0.39, 0.29) is 11.9 Å². The molecule has 1 atom stereocenters. The number of hydrogen-bond acceptors (Lipinski definition) is 3. The highest BCUT2D eigenvalue weighted by molar-refractivity contribution is 5.79. The summed E-state index contributed by atoms with van der Waals surface area (Å²) in [6, 6.07) is 9.41. The van der Waals surface area contributed by atoms with E-state index in [9.17, 15) is 4.79 Å². The van der Waals surface area contributed by atoms with E-state index in [1.165, 1.54) is 0 Å². The highest BCUT2D eigenvalue weighted by Gasteiger charge is 2.21.